The monoisotopic (exact) mass is 364 g/mol. The highest BCUT2D eigenvalue weighted by atomic mass is 32.1. The number of fused-ring (bicyclic) bond motifs is 3. The van der Waals surface area contributed by atoms with E-state index < -0.39 is 23.0 Å². The highest BCUT2D eigenvalue weighted by Gasteiger charge is 2.35. The second-order valence-electron chi connectivity index (χ2n) is 5.19. The molecule has 0 saturated carbocycles. The van der Waals surface area contributed by atoms with Crippen molar-refractivity contribution >= 4 is 31.8 Å². The molecule has 126 valence electrons. The Morgan fingerprint density at radius 3 is 2.64 bits per heavy atom. The molecule has 10 heteroatoms. The number of rotatable bonds is 1. The van der Waals surface area contributed by atoms with E-state index in [1.807, 2.05) is 4.98 Å². The van der Waals surface area contributed by atoms with E-state index in [1.165, 1.54) is 12.4 Å². The van der Waals surface area contributed by atoms with Crippen molar-refractivity contribution in [1.29, 1.82) is 0 Å². The fourth-order valence-electron chi connectivity index (χ4n) is 2.57. The van der Waals surface area contributed by atoms with Crippen molar-refractivity contribution in [3.8, 4) is 11.3 Å². The molecule has 0 bridgehead atoms. The molecular weight excluding hydrogens is 357 g/mol. The van der Waals surface area contributed by atoms with Gasteiger partial charge in [0.05, 0.1) is 16.8 Å². The molecule has 2 N–H and O–H groups in total. The molecule has 0 unspecified atom stereocenters. The molecule has 0 amide bonds. The van der Waals surface area contributed by atoms with Crippen LogP contribution in [0.2, 0.25) is 0 Å². The summed E-state index contributed by atoms with van der Waals surface area (Å²) >= 11 is 0.791. The first-order chi connectivity index (χ1) is 11.8. The lowest BCUT2D eigenvalue weighted by atomic mass is 10.1. The van der Waals surface area contributed by atoms with E-state index in [-0.39, 0.29) is 26.1 Å². The lowest BCUT2D eigenvalue weighted by Crippen LogP contribution is -2.20. The summed E-state index contributed by atoms with van der Waals surface area (Å²) in [7, 11) is 0. The Hall–Kier alpha value is -3.01. The van der Waals surface area contributed by atoms with Gasteiger partial charge in [-0.3, -0.25) is 14.8 Å². The van der Waals surface area contributed by atoms with Gasteiger partial charge in [-0.05, 0) is 18.2 Å². The van der Waals surface area contributed by atoms with Crippen LogP contribution in [0.4, 0.5) is 13.2 Å². The molecule has 0 spiro atoms. The van der Waals surface area contributed by atoms with E-state index in [0.29, 0.717) is 5.56 Å². The summed E-state index contributed by atoms with van der Waals surface area (Å²) in [4.78, 5) is 35.8. The van der Waals surface area contributed by atoms with Crippen molar-refractivity contribution in [2.75, 3.05) is 0 Å². The summed E-state index contributed by atoms with van der Waals surface area (Å²) in [5.74, 6) is 0. The second-order valence-corrected chi connectivity index (χ2v) is 6.19. The van der Waals surface area contributed by atoms with Gasteiger partial charge >= 0.3 is 11.9 Å². The van der Waals surface area contributed by atoms with Gasteiger partial charge in [-0.1, -0.05) is 0 Å². The van der Waals surface area contributed by atoms with E-state index in [4.69, 9.17) is 0 Å². The first-order valence-corrected chi connectivity index (χ1v) is 7.73. The van der Waals surface area contributed by atoms with Crippen LogP contribution in [0.25, 0.3) is 31.7 Å². The molecule has 0 fully saturated rings. The Kier molecular flexibility index (Phi) is 3.25. The van der Waals surface area contributed by atoms with E-state index >= 15 is 0 Å². The lowest BCUT2D eigenvalue weighted by molar-refractivity contribution is -0.136. The van der Waals surface area contributed by atoms with Crippen LogP contribution in [0, 0.1) is 0 Å². The van der Waals surface area contributed by atoms with Crippen molar-refractivity contribution in [2.45, 2.75) is 6.18 Å². The van der Waals surface area contributed by atoms with Crippen molar-refractivity contribution in [3.05, 3.63) is 57.0 Å². The molecule has 4 rings (SSSR count). The second kappa shape index (κ2) is 5.24. The number of aromatic nitrogens is 4. The van der Waals surface area contributed by atoms with Gasteiger partial charge in [0.2, 0.25) is 0 Å². The van der Waals surface area contributed by atoms with Gasteiger partial charge in [0.15, 0.2) is 0 Å². The molecule has 6 nitrogen and oxygen atoms in total. The number of hydrogen-bond acceptors (Lipinski definition) is 5. The molecule has 0 saturated heterocycles. The highest BCUT2D eigenvalue weighted by molar-refractivity contribution is 7.25. The number of nitrogens with one attached hydrogen (secondary N) is 2. The van der Waals surface area contributed by atoms with Crippen LogP contribution in [-0.2, 0) is 6.18 Å². The smallest absolute Gasteiger partial charge is 0.305 e. The maximum absolute atomic E-state index is 13.6. The van der Waals surface area contributed by atoms with Crippen LogP contribution in [0.5, 0.6) is 0 Å². The Labute approximate surface area is 140 Å². The largest absolute Gasteiger partial charge is 0.417 e. The average molecular weight is 364 g/mol. The Morgan fingerprint density at radius 2 is 1.96 bits per heavy atom. The predicted octanol–water partition coefficient (Wildman–Crippen LogP) is 2.91. The molecule has 25 heavy (non-hydrogen) atoms. The van der Waals surface area contributed by atoms with Gasteiger partial charge < -0.3 is 4.98 Å². The Bertz CT molecular complexity index is 1230. The molecule has 4 aromatic rings. The fourth-order valence-corrected chi connectivity index (χ4v) is 3.62. The molecule has 0 aliphatic carbocycles. The number of thiophene rings is 1. The summed E-state index contributed by atoms with van der Waals surface area (Å²) in [6.45, 7) is 0. The fraction of sp³-hybridized carbons (Fsp3) is 0.0667. The van der Waals surface area contributed by atoms with Crippen molar-refractivity contribution < 1.29 is 13.2 Å². The van der Waals surface area contributed by atoms with Crippen LogP contribution in [0.1, 0.15) is 5.56 Å². The topological polar surface area (TPSA) is 91.5 Å². The SMILES string of the molecule is O=c1[nH]c(=O)c2sc3nc(-c4cccnc4)cc(C(F)(F)F)c3c2[nH]1. The maximum atomic E-state index is 13.6. The molecule has 0 atom stereocenters. The maximum Gasteiger partial charge on any atom is 0.417 e. The third-order valence-corrected chi connectivity index (χ3v) is 4.68. The molecule has 0 aromatic carbocycles. The highest BCUT2D eigenvalue weighted by Crippen LogP contribution is 2.41. The first-order valence-electron chi connectivity index (χ1n) is 6.92. The van der Waals surface area contributed by atoms with Crippen LogP contribution in [0.3, 0.4) is 0 Å². The molecule has 0 aliphatic rings. The molecule has 4 aromatic heterocycles. The summed E-state index contributed by atoms with van der Waals surface area (Å²) in [6, 6.07) is 4.07. The minimum absolute atomic E-state index is 0.0102. The first kappa shape index (κ1) is 15.5. The van der Waals surface area contributed by atoms with Gasteiger partial charge in [0, 0.05) is 23.3 Å². The quantitative estimate of drug-likeness (QED) is 0.543. The van der Waals surface area contributed by atoms with Crippen LogP contribution in [-0.4, -0.2) is 19.9 Å². The number of nitrogens with zero attached hydrogens (tertiary/aromatic N) is 2. The van der Waals surface area contributed by atoms with Gasteiger partial charge in [-0.15, -0.1) is 11.3 Å². The summed E-state index contributed by atoms with van der Waals surface area (Å²) < 4.78 is 40.8. The normalized spacial score (nSPS) is 12.1. The minimum Gasteiger partial charge on any atom is -0.305 e. The van der Waals surface area contributed by atoms with Crippen LogP contribution < -0.4 is 11.2 Å². The van der Waals surface area contributed by atoms with E-state index in [9.17, 15) is 22.8 Å². The molecule has 4 heterocycles. The van der Waals surface area contributed by atoms with Gasteiger partial charge in [-0.2, -0.15) is 13.2 Å². The van der Waals surface area contributed by atoms with Crippen LogP contribution >= 0.6 is 11.3 Å². The number of H-pyrrole nitrogens is 2. The standard InChI is InChI=1S/C15H7F3N4O2S/c16-15(17,18)7-4-8(6-2-1-3-19-5-6)20-13-9(7)10-11(25-13)12(23)22-14(24)21-10/h1-5H,(H2,21,22,23,24). The summed E-state index contributed by atoms with van der Waals surface area (Å²) in [5.41, 5.74) is -2.26. The molecule has 0 radical (unpaired) electrons. The zero-order valence-electron chi connectivity index (χ0n) is 12.1. The third kappa shape index (κ3) is 2.50. The lowest BCUT2D eigenvalue weighted by Gasteiger charge is -2.10. The molecule has 0 aliphatic heterocycles. The van der Waals surface area contributed by atoms with Crippen molar-refractivity contribution in [1.82, 2.24) is 19.9 Å². The molecular formula is C15H7F3N4O2S. The van der Waals surface area contributed by atoms with Gasteiger partial charge in [-0.25, -0.2) is 9.78 Å². The zero-order chi connectivity index (χ0) is 17.8. The van der Waals surface area contributed by atoms with Gasteiger partial charge in [0.25, 0.3) is 5.56 Å². The number of halogens is 3. The average Bonchev–Trinajstić information content (AvgIpc) is 2.93. The predicted molar refractivity (Wildman–Crippen MR) is 86.6 cm³/mol. The Morgan fingerprint density at radius 1 is 1.16 bits per heavy atom. The minimum atomic E-state index is -4.69. The van der Waals surface area contributed by atoms with Crippen LogP contribution in [0.15, 0.2) is 40.2 Å². The number of alkyl halides is 3. The number of hydrogen-bond donors (Lipinski definition) is 2. The van der Waals surface area contributed by atoms with Gasteiger partial charge in [0.1, 0.15) is 9.53 Å². The number of aromatic amines is 2. The Balaban J connectivity index is 2.19. The van der Waals surface area contributed by atoms with Crippen molar-refractivity contribution in [2.24, 2.45) is 0 Å². The van der Waals surface area contributed by atoms with E-state index in [1.54, 1.807) is 12.1 Å². The third-order valence-electron chi connectivity index (χ3n) is 3.60. The number of pyridine rings is 2. The zero-order valence-corrected chi connectivity index (χ0v) is 13.0. The summed E-state index contributed by atoms with van der Waals surface area (Å²) in [6.07, 6.45) is -1.79. The summed E-state index contributed by atoms with van der Waals surface area (Å²) in [5, 5.41) is -0.289. The van der Waals surface area contributed by atoms with E-state index in [0.717, 1.165) is 17.4 Å². The van der Waals surface area contributed by atoms with Crippen molar-refractivity contribution in [3.63, 3.8) is 0 Å². The van der Waals surface area contributed by atoms with E-state index in [2.05, 4.69) is 15.0 Å².